The lowest BCUT2D eigenvalue weighted by atomic mass is 10.0. The van der Waals surface area contributed by atoms with Crippen LogP contribution < -0.4 is 10.6 Å². The van der Waals surface area contributed by atoms with Crippen LogP contribution in [-0.2, 0) is 29.5 Å². The number of carbonyl (C=O) groups excluding carboxylic acids is 2. The Kier molecular flexibility index (Phi) is 6.99. The number of fused-ring (bicyclic) bond motifs is 1. The summed E-state index contributed by atoms with van der Waals surface area (Å²) in [6.07, 6.45) is 7.88. The largest absolute Gasteiger partial charge is 0.444 e. The van der Waals surface area contributed by atoms with Crippen molar-refractivity contribution in [2.45, 2.75) is 51.8 Å². The zero-order chi connectivity index (χ0) is 22.4. The smallest absolute Gasteiger partial charge is 0.408 e. The van der Waals surface area contributed by atoms with Crippen molar-refractivity contribution in [1.82, 2.24) is 24.8 Å². The molecule has 0 spiro atoms. The number of hydrogen-bond donors (Lipinski definition) is 2. The second kappa shape index (κ2) is 9.68. The van der Waals surface area contributed by atoms with Crippen molar-refractivity contribution in [2.75, 3.05) is 6.54 Å². The van der Waals surface area contributed by atoms with Crippen LogP contribution in [0.3, 0.4) is 0 Å². The first kappa shape index (κ1) is 22.4. The Morgan fingerprint density at radius 1 is 1.23 bits per heavy atom. The number of carbonyl (C=O) groups is 2. The van der Waals surface area contributed by atoms with Gasteiger partial charge in [0.1, 0.15) is 11.6 Å². The maximum atomic E-state index is 12.9. The number of nitrogens with zero attached hydrogens (tertiary/aromatic N) is 3. The first-order valence-electron chi connectivity index (χ1n) is 10.5. The Bertz CT molecular complexity index is 1020. The van der Waals surface area contributed by atoms with Crippen LogP contribution in [0.5, 0.6) is 0 Å². The number of aryl methyl sites for hydroxylation is 2. The lowest BCUT2D eigenvalue weighted by Gasteiger charge is -2.23. The first-order valence-corrected chi connectivity index (χ1v) is 10.5. The molecule has 1 atom stereocenters. The van der Waals surface area contributed by atoms with E-state index in [1.807, 2.05) is 52.8 Å². The molecule has 2 heterocycles. The molecule has 8 heteroatoms. The van der Waals surface area contributed by atoms with Crippen LogP contribution in [0, 0.1) is 0 Å². The molecule has 2 amide bonds. The van der Waals surface area contributed by atoms with Crippen molar-refractivity contribution in [3.63, 3.8) is 0 Å². The van der Waals surface area contributed by atoms with E-state index in [9.17, 15) is 9.59 Å². The predicted molar refractivity (Wildman–Crippen MR) is 120 cm³/mol. The van der Waals surface area contributed by atoms with Gasteiger partial charge in [-0.1, -0.05) is 18.2 Å². The Morgan fingerprint density at radius 3 is 2.71 bits per heavy atom. The maximum Gasteiger partial charge on any atom is 0.408 e. The Balaban J connectivity index is 1.68. The number of rotatable bonds is 8. The predicted octanol–water partition coefficient (Wildman–Crippen LogP) is 3.02. The first-order chi connectivity index (χ1) is 14.7. The molecular formula is C23H31N5O3. The molecule has 3 rings (SSSR count). The molecule has 0 fully saturated rings. The Labute approximate surface area is 182 Å². The fourth-order valence-corrected chi connectivity index (χ4v) is 3.48. The molecule has 0 aliphatic heterocycles. The van der Waals surface area contributed by atoms with E-state index < -0.39 is 17.7 Å². The molecule has 1 aromatic carbocycles. The van der Waals surface area contributed by atoms with Gasteiger partial charge in [0.15, 0.2) is 0 Å². The normalized spacial score (nSPS) is 12.5. The minimum absolute atomic E-state index is 0.232. The van der Waals surface area contributed by atoms with Crippen molar-refractivity contribution in [2.24, 2.45) is 7.05 Å². The standard InChI is InChI=1S/C23H31N5O3/c1-23(2,3)31-22(30)26-19(21(29)25-10-7-12-28-13-11-24-16-28)14-17-15-27(4)20-9-6-5-8-18(17)20/h5-6,8-9,11,13,15-16,19H,7,10,12,14H2,1-4H3,(H,25,29)(H,26,30)/t19-/m0/s1. The molecule has 0 aliphatic carbocycles. The number of ether oxygens (including phenoxy) is 1. The fraction of sp³-hybridized carbons (Fsp3) is 0.435. The zero-order valence-electron chi connectivity index (χ0n) is 18.6. The summed E-state index contributed by atoms with van der Waals surface area (Å²) in [7, 11) is 1.97. The van der Waals surface area contributed by atoms with E-state index in [2.05, 4.69) is 15.6 Å². The number of imidazole rings is 1. The lowest BCUT2D eigenvalue weighted by molar-refractivity contribution is -0.123. The Morgan fingerprint density at radius 2 is 2.00 bits per heavy atom. The van der Waals surface area contributed by atoms with Gasteiger partial charge in [-0.25, -0.2) is 9.78 Å². The van der Waals surface area contributed by atoms with Crippen LogP contribution in [0.25, 0.3) is 10.9 Å². The monoisotopic (exact) mass is 425 g/mol. The van der Waals surface area contributed by atoms with Gasteiger partial charge >= 0.3 is 6.09 Å². The van der Waals surface area contributed by atoms with Gasteiger partial charge in [-0.2, -0.15) is 0 Å². The SMILES string of the molecule is Cn1cc(C[C@H](NC(=O)OC(C)(C)C)C(=O)NCCCn2ccnc2)c2ccccc21. The van der Waals surface area contributed by atoms with Gasteiger partial charge in [0.25, 0.3) is 0 Å². The highest BCUT2D eigenvalue weighted by molar-refractivity contribution is 5.88. The number of aromatic nitrogens is 3. The summed E-state index contributed by atoms with van der Waals surface area (Å²) < 4.78 is 9.36. The van der Waals surface area contributed by atoms with Crippen molar-refractivity contribution in [3.8, 4) is 0 Å². The molecule has 166 valence electrons. The van der Waals surface area contributed by atoms with Crippen LogP contribution in [0.15, 0.2) is 49.2 Å². The summed E-state index contributed by atoms with van der Waals surface area (Å²) in [6, 6.07) is 7.27. The quantitative estimate of drug-likeness (QED) is 0.543. The van der Waals surface area contributed by atoms with Crippen molar-refractivity contribution in [3.05, 3.63) is 54.7 Å². The number of hydrogen-bond acceptors (Lipinski definition) is 4. The second-order valence-corrected chi connectivity index (χ2v) is 8.63. The minimum Gasteiger partial charge on any atom is -0.444 e. The molecular weight excluding hydrogens is 394 g/mol. The summed E-state index contributed by atoms with van der Waals surface area (Å²) >= 11 is 0. The highest BCUT2D eigenvalue weighted by atomic mass is 16.6. The van der Waals surface area contributed by atoms with Crippen molar-refractivity contribution in [1.29, 1.82) is 0 Å². The molecule has 0 radical (unpaired) electrons. The summed E-state index contributed by atoms with van der Waals surface area (Å²) in [5.74, 6) is -0.232. The molecule has 3 aromatic rings. The molecule has 0 unspecified atom stereocenters. The molecule has 0 aliphatic rings. The van der Waals surface area contributed by atoms with Gasteiger partial charge in [0, 0.05) is 56.1 Å². The van der Waals surface area contributed by atoms with Gasteiger partial charge in [-0.05, 0) is 38.8 Å². The van der Waals surface area contributed by atoms with Crippen LogP contribution in [0.2, 0.25) is 0 Å². The minimum atomic E-state index is -0.742. The molecule has 2 aromatic heterocycles. The summed E-state index contributed by atoms with van der Waals surface area (Å²) in [5, 5.41) is 6.76. The van der Waals surface area contributed by atoms with E-state index in [4.69, 9.17) is 4.74 Å². The van der Waals surface area contributed by atoms with E-state index in [0.717, 1.165) is 29.4 Å². The third-order valence-corrected chi connectivity index (χ3v) is 4.86. The van der Waals surface area contributed by atoms with Gasteiger partial charge in [0.05, 0.1) is 6.33 Å². The number of benzene rings is 1. The van der Waals surface area contributed by atoms with Crippen LogP contribution in [-0.4, -0.2) is 44.3 Å². The van der Waals surface area contributed by atoms with Crippen LogP contribution in [0.4, 0.5) is 4.79 Å². The Hall–Kier alpha value is -3.29. The van der Waals surface area contributed by atoms with Gasteiger partial charge < -0.3 is 24.5 Å². The zero-order valence-corrected chi connectivity index (χ0v) is 18.6. The maximum absolute atomic E-state index is 12.9. The molecule has 0 saturated heterocycles. The van der Waals surface area contributed by atoms with Gasteiger partial charge in [-0.15, -0.1) is 0 Å². The number of alkyl carbamates (subject to hydrolysis) is 1. The summed E-state index contributed by atoms with van der Waals surface area (Å²) in [4.78, 5) is 29.3. The van der Waals surface area contributed by atoms with Crippen molar-refractivity contribution >= 4 is 22.9 Å². The van der Waals surface area contributed by atoms with E-state index in [0.29, 0.717) is 13.0 Å². The number of para-hydroxylation sites is 1. The third kappa shape index (κ3) is 6.34. The van der Waals surface area contributed by atoms with Gasteiger partial charge in [0.2, 0.25) is 5.91 Å². The molecule has 0 saturated carbocycles. The van der Waals surface area contributed by atoms with E-state index in [1.54, 1.807) is 33.3 Å². The second-order valence-electron chi connectivity index (χ2n) is 8.63. The molecule has 2 N–H and O–H groups in total. The van der Waals surface area contributed by atoms with Crippen LogP contribution >= 0.6 is 0 Å². The fourth-order valence-electron chi connectivity index (χ4n) is 3.48. The molecule has 31 heavy (non-hydrogen) atoms. The third-order valence-electron chi connectivity index (χ3n) is 4.86. The molecule has 0 bridgehead atoms. The average molecular weight is 426 g/mol. The summed E-state index contributed by atoms with van der Waals surface area (Å²) in [5.41, 5.74) is 1.43. The van der Waals surface area contributed by atoms with Crippen molar-refractivity contribution < 1.29 is 14.3 Å². The number of amides is 2. The van der Waals surface area contributed by atoms with Gasteiger partial charge in [-0.3, -0.25) is 4.79 Å². The van der Waals surface area contributed by atoms with Crippen LogP contribution in [0.1, 0.15) is 32.8 Å². The average Bonchev–Trinajstić information content (AvgIpc) is 3.32. The topological polar surface area (TPSA) is 90.2 Å². The number of nitrogens with one attached hydrogen (secondary N) is 2. The van der Waals surface area contributed by atoms with E-state index in [1.165, 1.54) is 0 Å². The highest BCUT2D eigenvalue weighted by Gasteiger charge is 2.25. The molecule has 8 nitrogen and oxygen atoms in total. The van der Waals surface area contributed by atoms with E-state index >= 15 is 0 Å². The van der Waals surface area contributed by atoms with E-state index in [-0.39, 0.29) is 5.91 Å². The lowest BCUT2D eigenvalue weighted by Crippen LogP contribution is -2.49. The summed E-state index contributed by atoms with van der Waals surface area (Å²) in [6.45, 7) is 6.64. The highest BCUT2D eigenvalue weighted by Crippen LogP contribution is 2.21.